The zero-order valence-electron chi connectivity index (χ0n) is 17.5. The molecule has 4 rings (SSSR count). The van der Waals surface area contributed by atoms with Crippen molar-refractivity contribution in [3.8, 4) is 18.1 Å². The maximum Gasteiger partial charge on any atom is 0.164 e. The van der Waals surface area contributed by atoms with Crippen LogP contribution >= 0.6 is 11.8 Å². The molecule has 0 saturated heterocycles. The van der Waals surface area contributed by atoms with Gasteiger partial charge in [-0.1, -0.05) is 24.6 Å². The van der Waals surface area contributed by atoms with Crippen LogP contribution in [0.4, 0.5) is 20.3 Å². The normalized spacial score (nSPS) is 20.5. The van der Waals surface area contributed by atoms with E-state index < -0.39 is 17.2 Å². The van der Waals surface area contributed by atoms with Crippen LogP contribution in [-0.2, 0) is 5.54 Å². The first kappa shape index (κ1) is 21.8. The zero-order valence-corrected chi connectivity index (χ0v) is 18.3. The third-order valence-corrected chi connectivity index (χ3v) is 6.03. The lowest BCUT2D eigenvalue weighted by molar-refractivity contribution is 0.369. The topological polar surface area (TPSA) is 85.4 Å². The van der Waals surface area contributed by atoms with Crippen molar-refractivity contribution in [1.82, 2.24) is 9.97 Å². The number of fused-ring (bicyclic) bond motifs is 1. The molecule has 0 fully saturated rings. The number of hydrogen-bond acceptors (Lipinski definition) is 7. The maximum absolute atomic E-state index is 14.8. The largest absolute Gasteiger partial charge is 0.479 e. The predicted octanol–water partition coefficient (Wildman–Crippen LogP) is 4.72. The first-order chi connectivity index (χ1) is 15.3. The number of hydrogen-bond donors (Lipinski definition) is 2. The summed E-state index contributed by atoms with van der Waals surface area (Å²) >= 11 is 1.42. The SMILES string of the molecule is C#CCOc1cnc2c(Nc3cc(F)c(F)c([C@]4(C)C[C@@H](C)SC(N)=N4)c3)nccc2c1. The summed E-state index contributed by atoms with van der Waals surface area (Å²) < 4.78 is 34.8. The van der Waals surface area contributed by atoms with Gasteiger partial charge in [-0.25, -0.2) is 18.7 Å². The molecule has 2 atom stereocenters. The number of thioether (sulfide) groups is 1. The average molecular weight is 454 g/mol. The van der Waals surface area contributed by atoms with Gasteiger partial charge in [0.05, 0.1) is 11.7 Å². The Labute approximate surface area is 188 Å². The van der Waals surface area contributed by atoms with Crippen molar-refractivity contribution >= 4 is 39.3 Å². The lowest BCUT2D eigenvalue weighted by atomic mass is 9.87. The standard InChI is InChI=1S/C23H21F2N5OS/c1-4-7-31-16-8-14-5-6-27-21(20(14)28-12-16)29-15-9-17(19(25)18(24)10-15)23(3)11-13(2)32-22(26)30-23/h1,5-6,8-10,12-13H,7,11H2,2-3H3,(H2,26,30)(H,27,29)/t13-,23+/m1/s1. The second kappa shape index (κ2) is 8.63. The quantitative estimate of drug-likeness (QED) is 0.544. The molecular formula is C23H21F2N5OS. The third kappa shape index (κ3) is 4.32. The van der Waals surface area contributed by atoms with E-state index in [1.54, 1.807) is 31.3 Å². The minimum Gasteiger partial charge on any atom is -0.479 e. The smallest absolute Gasteiger partial charge is 0.164 e. The van der Waals surface area contributed by atoms with Gasteiger partial charge in [-0.3, -0.25) is 4.99 Å². The summed E-state index contributed by atoms with van der Waals surface area (Å²) in [5.74, 6) is 1.40. The van der Waals surface area contributed by atoms with Gasteiger partial charge in [-0.15, -0.1) is 6.42 Å². The van der Waals surface area contributed by atoms with Gasteiger partial charge >= 0.3 is 0 Å². The Morgan fingerprint density at radius 2 is 2.16 bits per heavy atom. The molecule has 0 saturated carbocycles. The van der Waals surface area contributed by atoms with E-state index in [-0.39, 0.29) is 17.4 Å². The molecule has 9 heteroatoms. The van der Waals surface area contributed by atoms with Crippen molar-refractivity contribution in [2.24, 2.45) is 10.7 Å². The van der Waals surface area contributed by atoms with E-state index >= 15 is 0 Å². The Morgan fingerprint density at radius 3 is 2.91 bits per heavy atom. The fourth-order valence-corrected chi connectivity index (χ4v) is 4.89. The van der Waals surface area contributed by atoms with Crippen LogP contribution in [0.15, 0.2) is 41.7 Å². The van der Waals surface area contributed by atoms with E-state index in [2.05, 4.69) is 26.2 Å². The van der Waals surface area contributed by atoms with Crippen LogP contribution in [0.25, 0.3) is 10.9 Å². The number of halogens is 2. The Hall–Kier alpha value is -3.38. The summed E-state index contributed by atoms with van der Waals surface area (Å²) in [4.78, 5) is 13.1. The number of pyridine rings is 2. The fourth-order valence-electron chi connectivity index (χ4n) is 3.82. The Morgan fingerprint density at radius 1 is 1.34 bits per heavy atom. The highest BCUT2D eigenvalue weighted by Crippen LogP contribution is 2.41. The second-order valence-corrected chi connectivity index (χ2v) is 9.15. The van der Waals surface area contributed by atoms with Gasteiger partial charge in [0.25, 0.3) is 0 Å². The molecule has 1 aliphatic rings. The van der Waals surface area contributed by atoms with Gasteiger partial charge in [-0.05, 0) is 31.5 Å². The molecule has 3 aromatic rings. The van der Waals surface area contributed by atoms with Crippen LogP contribution in [-0.4, -0.2) is 27.0 Å². The van der Waals surface area contributed by atoms with E-state index in [1.807, 2.05) is 6.92 Å². The Kier molecular flexibility index (Phi) is 5.89. The number of benzene rings is 1. The molecule has 3 N–H and O–H groups in total. The number of nitrogens with zero attached hydrogens (tertiary/aromatic N) is 3. The van der Waals surface area contributed by atoms with Crippen LogP contribution in [0.5, 0.6) is 5.75 Å². The van der Waals surface area contributed by atoms with Gasteiger partial charge in [0.1, 0.15) is 17.9 Å². The molecule has 0 unspecified atom stereocenters. The van der Waals surface area contributed by atoms with Gasteiger partial charge in [-0.2, -0.15) is 0 Å². The van der Waals surface area contributed by atoms with E-state index in [9.17, 15) is 8.78 Å². The van der Waals surface area contributed by atoms with Gasteiger partial charge in [0, 0.05) is 34.2 Å². The molecule has 1 aliphatic heterocycles. The number of amidine groups is 1. The fraction of sp³-hybridized carbons (Fsp3) is 0.261. The van der Waals surface area contributed by atoms with Crippen LogP contribution in [0, 0.1) is 24.0 Å². The molecule has 0 amide bonds. The first-order valence-corrected chi connectivity index (χ1v) is 10.8. The summed E-state index contributed by atoms with van der Waals surface area (Å²) in [5, 5.41) is 4.28. The molecule has 1 aromatic carbocycles. The average Bonchev–Trinajstić information content (AvgIpc) is 2.73. The molecule has 164 valence electrons. The number of rotatable bonds is 5. The Balaban J connectivity index is 1.72. The molecule has 0 spiro atoms. The van der Waals surface area contributed by atoms with Crippen molar-refractivity contribution in [3.63, 3.8) is 0 Å². The number of anilines is 2. The van der Waals surface area contributed by atoms with Gasteiger partial charge in [0.2, 0.25) is 0 Å². The molecule has 32 heavy (non-hydrogen) atoms. The molecule has 6 nitrogen and oxygen atoms in total. The third-order valence-electron chi connectivity index (χ3n) is 5.13. The highest BCUT2D eigenvalue weighted by molar-refractivity contribution is 8.14. The van der Waals surface area contributed by atoms with Gasteiger partial charge in [0.15, 0.2) is 22.6 Å². The summed E-state index contributed by atoms with van der Waals surface area (Å²) in [6.07, 6.45) is 8.86. The molecule has 0 aliphatic carbocycles. The summed E-state index contributed by atoms with van der Waals surface area (Å²) in [6, 6.07) is 6.18. The molecule has 0 radical (unpaired) electrons. The minimum absolute atomic E-state index is 0.117. The molecular weight excluding hydrogens is 432 g/mol. The Bertz CT molecular complexity index is 1260. The number of aromatic nitrogens is 2. The maximum atomic E-state index is 14.8. The van der Waals surface area contributed by atoms with Crippen LogP contribution in [0.2, 0.25) is 0 Å². The lowest BCUT2D eigenvalue weighted by Gasteiger charge is -2.33. The van der Waals surface area contributed by atoms with Crippen molar-refractivity contribution < 1.29 is 13.5 Å². The van der Waals surface area contributed by atoms with E-state index in [0.717, 1.165) is 11.5 Å². The van der Waals surface area contributed by atoms with Crippen molar-refractivity contribution in [2.45, 2.75) is 31.1 Å². The zero-order chi connectivity index (χ0) is 22.9. The lowest BCUT2D eigenvalue weighted by Crippen LogP contribution is -2.33. The van der Waals surface area contributed by atoms with Gasteiger partial charge < -0.3 is 15.8 Å². The highest BCUT2D eigenvalue weighted by atomic mass is 32.2. The summed E-state index contributed by atoms with van der Waals surface area (Å²) in [7, 11) is 0. The van der Waals surface area contributed by atoms with Crippen molar-refractivity contribution in [2.75, 3.05) is 11.9 Å². The van der Waals surface area contributed by atoms with E-state index in [4.69, 9.17) is 16.9 Å². The molecule has 0 bridgehead atoms. The van der Waals surface area contributed by atoms with Crippen LogP contribution in [0.1, 0.15) is 25.8 Å². The second-order valence-electron chi connectivity index (χ2n) is 7.70. The van der Waals surface area contributed by atoms with Crippen LogP contribution in [0.3, 0.4) is 0 Å². The molecule has 2 aromatic heterocycles. The summed E-state index contributed by atoms with van der Waals surface area (Å²) in [5.41, 5.74) is 5.96. The highest BCUT2D eigenvalue weighted by Gasteiger charge is 2.36. The van der Waals surface area contributed by atoms with E-state index in [1.165, 1.54) is 18.0 Å². The van der Waals surface area contributed by atoms with Crippen molar-refractivity contribution in [1.29, 1.82) is 0 Å². The first-order valence-electron chi connectivity index (χ1n) is 9.88. The predicted molar refractivity (Wildman–Crippen MR) is 124 cm³/mol. The number of nitrogens with one attached hydrogen (secondary N) is 1. The summed E-state index contributed by atoms with van der Waals surface area (Å²) in [6.45, 7) is 3.87. The number of nitrogens with two attached hydrogens (primary N) is 1. The number of ether oxygens (including phenoxy) is 1. The minimum atomic E-state index is -0.982. The monoisotopic (exact) mass is 453 g/mol. The molecule has 3 heterocycles. The number of terminal acetylenes is 1. The van der Waals surface area contributed by atoms with Crippen molar-refractivity contribution in [3.05, 3.63) is 53.9 Å². The van der Waals surface area contributed by atoms with E-state index in [0.29, 0.717) is 34.4 Å². The van der Waals surface area contributed by atoms with Crippen LogP contribution < -0.4 is 15.8 Å². The number of aliphatic imine (C=N–C) groups is 1.